The van der Waals surface area contributed by atoms with Crippen molar-refractivity contribution in [3.05, 3.63) is 58.6 Å². The van der Waals surface area contributed by atoms with Crippen molar-refractivity contribution in [1.82, 2.24) is 15.2 Å². The van der Waals surface area contributed by atoms with E-state index in [9.17, 15) is 9.59 Å². The standard InChI is InChI=1S/C22H24N4O2S/c1-14-9-10-16(15(2)12-14)24-22(28)25-20(27)13-26-11-5-7-18(26)21-23-17-6-3-4-8-19(17)29-21/h3-4,6,8-10,12,18H,5,7,11,13H2,1-2H3,(H2,24,25,27,28). The van der Waals surface area contributed by atoms with E-state index in [0.29, 0.717) is 5.69 Å². The Labute approximate surface area is 173 Å². The second-order valence-corrected chi connectivity index (χ2v) is 8.53. The molecular formula is C22H24N4O2S. The number of nitrogens with zero attached hydrogens (tertiary/aromatic N) is 2. The minimum Gasteiger partial charge on any atom is -0.307 e. The maximum Gasteiger partial charge on any atom is 0.325 e. The Balaban J connectivity index is 1.37. The third-order valence-electron chi connectivity index (χ3n) is 5.19. The first kappa shape index (κ1) is 19.5. The SMILES string of the molecule is Cc1ccc(NC(=O)NC(=O)CN2CCCC2c2nc3ccccc3s2)c(C)c1. The number of hydrogen-bond acceptors (Lipinski definition) is 5. The zero-order valence-electron chi connectivity index (χ0n) is 16.6. The molecular weight excluding hydrogens is 384 g/mol. The molecule has 0 radical (unpaired) electrons. The molecule has 3 aromatic rings. The molecule has 1 aliphatic rings. The summed E-state index contributed by atoms with van der Waals surface area (Å²) in [5, 5.41) is 6.24. The molecule has 1 unspecified atom stereocenters. The van der Waals surface area contributed by atoms with Crippen LogP contribution in [0.3, 0.4) is 0 Å². The average molecular weight is 409 g/mol. The van der Waals surface area contributed by atoms with Gasteiger partial charge in [-0.25, -0.2) is 9.78 Å². The number of likely N-dealkylation sites (tertiary alicyclic amines) is 1. The van der Waals surface area contributed by atoms with Crippen LogP contribution in [-0.2, 0) is 4.79 Å². The molecule has 1 aromatic heterocycles. The number of fused-ring (bicyclic) bond motifs is 1. The Morgan fingerprint density at radius 1 is 1.21 bits per heavy atom. The lowest BCUT2D eigenvalue weighted by atomic mass is 10.1. The van der Waals surface area contributed by atoms with Crippen LogP contribution in [0.15, 0.2) is 42.5 Å². The summed E-state index contributed by atoms with van der Waals surface area (Å²) in [6.07, 6.45) is 1.99. The number of anilines is 1. The topological polar surface area (TPSA) is 74.3 Å². The summed E-state index contributed by atoms with van der Waals surface area (Å²) in [6, 6.07) is 13.5. The molecule has 4 rings (SSSR count). The fourth-order valence-corrected chi connectivity index (χ4v) is 4.92. The molecule has 6 nitrogen and oxygen atoms in total. The molecule has 150 valence electrons. The van der Waals surface area contributed by atoms with E-state index in [-0.39, 0.29) is 18.5 Å². The monoisotopic (exact) mass is 408 g/mol. The van der Waals surface area contributed by atoms with Crippen LogP contribution in [0.1, 0.15) is 35.0 Å². The van der Waals surface area contributed by atoms with Gasteiger partial charge in [-0.3, -0.25) is 15.0 Å². The van der Waals surface area contributed by atoms with Gasteiger partial charge in [0.2, 0.25) is 5.91 Å². The Morgan fingerprint density at radius 3 is 2.83 bits per heavy atom. The third kappa shape index (κ3) is 4.46. The van der Waals surface area contributed by atoms with E-state index < -0.39 is 6.03 Å². The van der Waals surface area contributed by atoms with E-state index in [1.807, 2.05) is 50.2 Å². The highest BCUT2D eigenvalue weighted by Crippen LogP contribution is 2.36. The maximum atomic E-state index is 12.5. The molecule has 1 saturated heterocycles. The molecule has 1 atom stereocenters. The van der Waals surface area contributed by atoms with Gasteiger partial charge >= 0.3 is 6.03 Å². The molecule has 0 spiro atoms. The van der Waals surface area contributed by atoms with Gasteiger partial charge in [-0.15, -0.1) is 11.3 Å². The number of thiazole rings is 1. The number of carbonyl (C=O) groups is 2. The minimum absolute atomic E-state index is 0.126. The van der Waals surface area contributed by atoms with Crippen LogP contribution in [0.2, 0.25) is 0 Å². The molecule has 0 saturated carbocycles. The molecule has 2 N–H and O–H groups in total. The van der Waals surface area contributed by atoms with Crippen molar-refractivity contribution in [3.8, 4) is 0 Å². The molecule has 2 heterocycles. The van der Waals surface area contributed by atoms with Gasteiger partial charge in [-0.05, 0) is 57.0 Å². The molecule has 29 heavy (non-hydrogen) atoms. The van der Waals surface area contributed by atoms with Crippen molar-refractivity contribution in [3.63, 3.8) is 0 Å². The summed E-state index contributed by atoms with van der Waals surface area (Å²) in [7, 11) is 0. The number of nitrogens with one attached hydrogen (secondary N) is 2. The zero-order chi connectivity index (χ0) is 20.4. The van der Waals surface area contributed by atoms with E-state index in [1.54, 1.807) is 11.3 Å². The van der Waals surface area contributed by atoms with Gasteiger partial charge in [0.25, 0.3) is 0 Å². The highest BCUT2D eigenvalue weighted by molar-refractivity contribution is 7.18. The number of benzene rings is 2. The number of aryl methyl sites for hydroxylation is 2. The lowest BCUT2D eigenvalue weighted by Crippen LogP contribution is -2.41. The molecule has 0 bridgehead atoms. The Hall–Kier alpha value is -2.77. The van der Waals surface area contributed by atoms with Gasteiger partial charge in [0.05, 0.1) is 22.8 Å². The normalized spacial score (nSPS) is 16.8. The molecule has 2 aromatic carbocycles. The van der Waals surface area contributed by atoms with Crippen LogP contribution >= 0.6 is 11.3 Å². The van der Waals surface area contributed by atoms with Gasteiger partial charge in [0.15, 0.2) is 0 Å². The number of rotatable bonds is 4. The van der Waals surface area contributed by atoms with Crippen LogP contribution in [0.4, 0.5) is 10.5 Å². The van der Waals surface area contributed by atoms with Crippen molar-refractivity contribution in [2.75, 3.05) is 18.4 Å². The maximum absolute atomic E-state index is 12.5. The minimum atomic E-state index is -0.502. The molecule has 0 aliphatic carbocycles. The Kier molecular flexibility index (Phi) is 5.60. The fraction of sp³-hybridized carbons (Fsp3) is 0.318. The van der Waals surface area contributed by atoms with E-state index in [4.69, 9.17) is 4.98 Å². The number of amides is 3. The second kappa shape index (κ2) is 8.31. The number of aromatic nitrogens is 1. The van der Waals surface area contributed by atoms with E-state index >= 15 is 0 Å². The molecule has 3 amide bonds. The largest absolute Gasteiger partial charge is 0.325 e. The summed E-state index contributed by atoms with van der Waals surface area (Å²) >= 11 is 1.68. The first-order valence-corrected chi connectivity index (χ1v) is 10.6. The van der Waals surface area contributed by atoms with Crippen LogP contribution in [0.5, 0.6) is 0 Å². The zero-order valence-corrected chi connectivity index (χ0v) is 17.4. The Morgan fingerprint density at radius 2 is 2.03 bits per heavy atom. The lowest BCUT2D eigenvalue weighted by molar-refractivity contribution is -0.121. The van der Waals surface area contributed by atoms with Gasteiger partial charge < -0.3 is 5.32 Å². The number of hydrogen-bond donors (Lipinski definition) is 2. The van der Waals surface area contributed by atoms with Crippen molar-refractivity contribution in [1.29, 1.82) is 0 Å². The van der Waals surface area contributed by atoms with E-state index in [2.05, 4.69) is 21.6 Å². The van der Waals surface area contributed by atoms with Gasteiger partial charge in [0.1, 0.15) is 5.01 Å². The third-order valence-corrected chi connectivity index (χ3v) is 6.33. The molecule has 1 fully saturated rings. The number of para-hydroxylation sites is 1. The van der Waals surface area contributed by atoms with E-state index in [1.165, 1.54) is 0 Å². The molecule has 1 aliphatic heterocycles. The van der Waals surface area contributed by atoms with E-state index in [0.717, 1.165) is 45.7 Å². The van der Waals surface area contributed by atoms with Crippen molar-refractivity contribution < 1.29 is 9.59 Å². The lowest BCUT2D eigenvalue weighted by Gasteiger charge is -2.21. The number of carbonyl (C=O) groups excluding carboxylic acids is 2. The number of imide groups is 1. The molecule has 7 heteroatoms. The Bertz CT molecular complexity index is 1030. The van der Waals surface area contributed by atoms with Gasteiger partial charge in [0, 0.05) is 5.69 Å². The van der Waals surface area contributed by atoms with Crippen molar-refractivity contribution in [2.45, 2.75) is 32.7 Å². The first-order valence-electron chi connectivity index (χ1n) is 9.77. The summed E-state index contributed by atoms with van der Waals surface area (Å²) in [5.74, 6) is -0.305. The fourth-order valence-electron chi connectivity index (χ4n) is 3.79. The quantitative estimate of drug-likeness (QED) is 0.671. The predicted octanol–water partition coefficient (Wildman–Crippen LogP) is 4.40. The summed E-state index contributed by atoms with van der Waals surface area (Å²) in [6.45, 7) is 4.93. The highest BCUT2D eigenvalue weighted by atomic mass is 32.1. The summed E-state index contributed by atoms with van der Waals surface area (Å²) in [5.41, 5.74) is 3.79. The van der Waals surface area contributed by atoms with Crippen LogP contribution in [0, 0.1) is 13.8 Å². The average Bonchev–Trinajstić information content (AvgIpc) is 3.30. The second-order valence-electron chi connectivity index (χ2n) is 7.47. The van der Waals surface area contributed by atoms with Crippen molar-refractivity contribution in [2.24, 2.45) is 0 Å². The van der Waals surface area contributed by atoms with Crippen LogP contribution in [0.25, 0.3) is 10.2 Å². The van der Waals surface area contributed by atoms with Crippen LogP contribution in [-0.4, -0.2) is 34.9 Å². The number of urea groups is 1. The van der Waals surface area contributed by atoms with Gasteiger partial charge in [-0.1, -0.05) is 29.8 Å². The van der Waals surface area contributed by atoms with Gasteiger partial charge in [-0.2, -0.15) is 0 Å². The summed E-state index contributed by atoms with van der Waals surface area (Å²) < 4.78 is 1.16. The highest BCUT2D eigenvalue weighted by Gasteiger charge is 2.30. The van der Waals surface area contributed by atoms with Crippen LogP contribution < -0.4 is 10.6 Å². The smallest absolute Gasteiger partial charge is 0.307 e. The first-order chi connectivity index (χ1) is 14.0. The predicted molar refractivity (Wildman–Crippen MR) is 116 cm³/mol. The van der Waals surface area contributed by atoms with Crippen molar-refractivity contribution >= 4 is 39.2 Å². The summed E-state index contributed by atoms with van der Waals surface area (Å²) in [4.78, 5) is 31.5.